The molecule has 0 saturated carbocycles. The molecule has 1 aromatic heterocycles. The van der Waals surface area contributed by atoms with Gasteiger partial charge in [0, 0.05) is 44.5 Å². The maximum Gasteiger partial charge on any atom is 0.108 e. The molecule has 152 valence electrons. The number of nitrogens with zero attached hydrogens (tertiary/aromatic N) is 2. The van der Waals surface area contributed by atoms with Gasteiger partial charge in [-0.15, -0.1) is 0 Å². The van der Waals surface area contributed by atoms with Crippen LogP contribution in [-0.4, -0.2) is 4.98 Å². The molecule has 0 spiro atoms. The average molecular weight is 424 g/mol. The van der Waals surface area contributed by atoms with E-state index in [1.807, 2.05) is 35.5 Å². The summed E-state index contributed by atoms with van der Waals surface area (Å²) in [5.74, 6) is 0.737. The normalized spacial score (nSPS) is 13.3. The highest BCUT2D eigenvalue weighted by Gasteiger charge is 2.25. The molecule has 0 unspecified atom stereocenters. The van der Waals surface area contributed by atoms with Gasteiger partial charge in [0.2, 0.25) is 0 Å². The van der Waals surface area contributed by atoms with Crippen LogP contribution < -0.4 is 10.2 Å². The summed E-state index contributed by atoms with van der Waals surface area (Å²) in [6.45, 7) is 10.8. The zero-order valence-corrected chi connectivity index (χ0v) is 18.1. The van der Waals surface area contributed by atoms with Gasteiger partial charge in [0.25, 0.3) is 0 Å². The maximum absolute atomic E-state index is 6.52. The van der Waals surface area contributed by atoms with Gasteiger partial charge in [-0.25, -0.2) is 0 Å². The third kappa shape index (κ3) is 3.28. The Balaban J connectivity index is 1.59. The minimum atomic E-state index is 0.737. The summed E-state index contributed by atoms with van der Waals surface area (Å²) in [6, 6.07) is 20.7. The summed E-state index contributed by atoms with van der Waals surface area (Å²) in [4.78, 5) is 6.46. The van der Waals surface area contributed by atoms with Crippen molar-refractivity contribution < 1.29 is 0 Å². The smallest absolute Gasteiger partial charge is 0.108 e. The van der Waals surface area contributed by atoms with E-state index >= 15 is 0 Å². The van der Waals surface area contributed by atoms with E-state index in [1.165, 1.54) is 5.56 Å². The summed E-state index contributed by atoms with van der Waals surface area (Å²) in [5.41, 5.74) is 7.15. The Bertz CT molecular complexity index is 1350. The number of halogens is 1. The lowest BCUT2D eigenvalue weighted by atomic mass is 9.97. The molecule has 0 saturated heterocycles. The molecular weight excluding hydrogens is 402 g/mol. The Morgan fingerprint density at radius 2 is 1.81 bits per heavy atom. The number of pyridine rings is 1. The largest absolute Gasteiger partial charge is 0.341 e. The maximum atomic E-state index is 6.52. The van der Waals surface area contributed by atoms with E-state index in [0.717, 1.165) is 61.8 Å². The molecule has 1 aliphatic rings. The lowest BCUT2D eigenvalue weighted by Gasteiger charge is -2.35. The molecule has 31 heavy (non-hydrogen) atoms. The number of hydrogen-bond donors (Lipinski definition) is 1. The molecule has 0 radical (unpaired) electrons. The molecule has 3 nitrogen and oxygen atoms in total. The van der Waals surface area contributed by atoms with Crippen LogP contribution >= 0.6 is 11.6 Å². The third-order valence-electron chi connectivity index (χ3n) is 5.79. The average Bonchev–Trinajstić information content (AvgIpc) is 2.79. The Labute approximate surface area is 187 Å². The SMILES string of the molecule is C=C1Nc2cc(-c3cc(CC)ccc3Cl)ccc2C(=C)N1c1cncc2ccccc12. The van der Waals surface area contributed by atoms with Gasteiger partial charge in [0.05, 0.1) is 11.9 Å². The molecule has 3 aromatic carbocycles. The van der Waals surface area contributed by atoms with Crippen LogP contribution in [0.4, 0.5) is 11.4 Å². The van der Waals surface area contributed by atoms with Crippen LogP contribution in [0.3, 0.4) is 0 Å². The predicted octanol–water partition coefficient (Wildman–Crippen LogP) is 7.49. The summed E-state index contributed by atoms with van der Waals surface area (Å²) in [5, 5.41) is 6.38. The first-order chi connectivity index (χ1) is 15.1. The molecule has 0 atom stereocenters. The number of rotatable bonds is 3. The Morgan fingerprint density at radius 3 is 2.65 bits per heavy atom. The van der Waals surface area contributed by atoms with Crippen LogP contribution in [0, 0.1) is 0 Å². The van der Waals surface area contributed by atoms with Gasteiger partial charge in [-0.3, -0.25) is 9.88 Å². The van der Waals surface area contributed by atoms with E-state index in [-0.39, 0.29) is 0 Å². The van der Waals surface area contributed by atoms with Gasteiger partial charge in [0.1, 0.15) is 5.82 Å². The minimum Gasteiger partial charge on any atom is -0.341 e. The van der Waals surface area contributed by atoms with E-state index < -0.39 is 0 Å². The third-order valence-corrected chi connectivity index (χ3v) is 6.12. The Hall–Kier alpha value is -3.56. The Morgan fingerprint density at radius 1 is 0.968 bits per heavy atom. The lowest BCUT2D eigenvalue weighted by Crippen LogP contribution is -2.29. The van der Waals surface area contributed by atoms with Crippen LogP contribution in [0.15, 0.2) is 92.0 Å². The van der Waals surface area contributed by atoms with Crippen LogP contribution in [-0.2, 0) is 6.42 Å². The topological polar surface area (TPSA) is 28.2 Å². The second-order valence-corrected chi connectivity index (χ2v) is 8.07. The van der Waals surface area contributed by atoms with Crippen molar-refractivity contribution in [3.63, 3.8) is 0 Å². The van der Waals surface area contributed by atoms with Gasteiger partial charge < -0.3 is 5.32 Å². The first kappa shape index (κ1) is 19.4. The summed E-state index contributed by atoms with van der Waals surface area (Å²) in [6.07, 6.45) is 4.70. The monoisotopic (exact) mass is 423 g/mol. The molecule has 4 aromatic rings. The highest BCUT2D eigenvalue weighted by molar-refractivity contribution is 6.33. The van der Waals surface area contributed by atoms with Crippen molar-refractivity contribution in [2.45, 2.75) is 13.3 Å². The van der Waals surface area contributed by atoms with Gasteiger partial charge in [-0.1, -0.05) is 74.1 Å². The van der Waals surface area contributed by atoms with Crippen LogP contribution in [0.5, 0.6) is 0 Å². The lowest BCUT2D eigenvalue weighted by molar-refractivity contribution is 1.14. The summed E-state index contributed by atoms with van der Waals surface area (Å²) < 4.78 is 0. The number of aryl methyl sites for hydroxylation is 1. The van der Waals surface area contributed by atoms with Crippen molar-refractivity contribution in [2.24, 2.45) is 0 Å². The van der Waals surface area contributed by atoms with Gasteiger partial charge in [0.15, 0.2) is 0 Å². The summed E-state index contributed by atoms with van der Waals surface area (Å²) in [7, 11) is 0. The number of fused-ring (bicyclic) bond motifs is 2. The van der Waals surface area contributed by atoms with E-state index in [0.29, 0.717) is 0 Å². The van der Waals surface area contributed by atoms with Gasteiger partial charge >= 0.3 is 0 Å². The molecule has 0 fully saturated rings. The van der Waals surface area contributed by atoms with Crippen LogP contribution in [0.1, 0.15) is 18.1 Å². The number of nitrogens with one attached hydrogen (secondary N) is 1. The molecule has 0 aliphatic carbocycles. The van der Waals surface area contributed by atoms with E-state index in [2.05, 4.69) is 72.8 Å². The highest BCUT2D eigenvalue weighted by Crippen LogP contribution is 2.42. The van der Waals surface area contributed by atoms with E-state index in [1.54, 1.807) is 0 Å². The first-order valence-electron chi connectivity index (χ1n) is 10.3. The molecule has 5 rings (SSSR count). The highest BCUT2D eigenvalue weighted by atomic mass is 35.5. The molecule has 2 heterocycles. The molecule has 1 N–H and O–H groups in total. The number of benzene rings is 3. The quantitative estimate of drug-likeness (QED) is 0.370. The molecule has 1 aliphatic heterocycles. The predicted molar refractivity (Wildman–Crippen MR) is 132 cm³/mol. The second-order valence-electron chi connectivity index (χ2n) is 7.66. The molecule has 0 amide bonds. The van der Waals surface area contributed by atoms with E-state index in [4.69, 9.17) is 11.6 Å². The zero-order valence-electron chi connectivity index (χ0n) is 17.3. The number of hydrogen-bond acceptors (Lipinski definition) is 3. The number of aromatic nitrogens is 1. The second kappa shape index (κ2) is 7.60. The van der Waals surface area contributed by atoms with Crippen molar-refractivity contribution in [3.05, 3.63) is 108 Å². The Kier molecular flexibility index (Phi) is 4.76. The fourth-order valence-corrected chi connectivity index (χ4v) is 4.37. The first-order valence-corrected chi connectivity index (χ1v) is 10.7. The minimum absolute atomic E-state index is 0.737. The van der Waals surface area contributed by atoms with Crippen molar-refractivity contribution in [1.29, 1.82) is 0 Å². The molecule has 4 heteroatoms. The zero-order chi connectivity index (χ0) is 21.5. The van der Waals surface area contributed by atoms with Gasteiger partial charge in [-0.2, -0.15) is 0 Å². The number of anilines is 2. The van der Waals surface area contributed by atoms with Crippen molar-refractivity contribution in [2.75, 3.05) is 10.2 Å². The molecular formula is C27H22ClN3. The standard InChI is InChI=1S/C27H22ClN3/c1-4-19-9-12-25(28)24(13-19)20-10-11-22-17(2)31(18(3)30-26(22)14-20)27-16-29-15-21-7-5-6-8-23(21)27/h5-16,30H,2-4H2,1H3. The van der Waals surface area contributed by atoms with Gasteiger partial charge in [-0.05, 0) is 35.7 Å². The fourth-order valence-electron chi connectivity index (χ4n) is 4.14. The summed E-state index contributed by atoms with van der Waals surface area (Å²) >= 11 is 6.52. The van der Waals surface area contributed by atoms with Crippen molar-refractivity contribution in [3.8, 4) is 11.1 Å². The molecule has 0 bridgehead atoms. The van der Waals surface area contributed by atoms with E-state index in [9.17, 15) is 0 Å². The fraction of sp³-hybridized carbons (Fsp3) is 0.0741. The van der Waals surface area contributed by atoms with Crippen LogP contribution in [0.2, 0.25) is 5.02 Å². The van der Waals surface area contributed by atoms with Crippen molar-refractivity contribution >= 4 is 39.4 Å². The van der Waals surface area contributed by atoms with Crippen molar-refractivity contribution in [1.82, 2.24) is 4.98 Å². The van der Waals surface area contributed by atoms with Crippen LogP contribution in [0.25, 0.3) is 27.6 Å².